The lowest BCUT2D eigenvalue weighted by Gasteiger charge is -2.45. The minimum Gasteiger partial charge on any atom is -0.390 e. The quantitative estimate of drug-likeness (QED) is 0.696. The van der Waals surface area contributed by atoms with Gasteiger partial charge in [-0.1, -0.05) is 45.4 Å². The molecule has 2 heteroatoms. The molecule has 0 aromatic carbocycles. The fraction of sp³-hybridized carbons (Fsp3) is 1.00. The summed E-state index contributed by atoms with van der Waals surface area (Å²) in [4.78, 5) is 0. The number of rotatable bonds is 6. The average molecular weight is 239 g/mol. The Kier molecular flexibility index (Phi) is 4.87. The molecule has 17 heavy (non-hydrogen) atoms. The molecule has 0 aromatic heterocycles. The molecule has 2 saturated heterocycles. The molecule has 2 fully saturated rings. The molecule has 0 saturated carbocycles. The van der Waals surface area contributed by atoms with E-state index in [9.17, 15) is 5.11 Å². The fourth-order valence-corrected chi connectivity index (χ4v) is 3.70. The van der Waals surface area contributed by atoms with Crippen LogP contribution in [0, 0.1) is 0 Å². The molecule has 2 bridgehead atoms. The summed E-state index contributed by atoms with van der Waals surface area (Å²) in [6.07, 6.45) is 13.5. The maximum absolute atomic E-state index is 10.7. The van der Waals surface area contributed by atoms with Crippen LogP contribution in [0.2, 0.25) is 0 Å². The molecule has 100 valence electrons. The number of hydrogen-bond donors (Lipinski definition) is 2. The summed E-state index contributed by atoms with van der Waals surface area (Å²) in [5.74, 6) is 0. The number of nitrogens with one attached hydrogen (secondary N) is 1. The molecule has 0 radical (unpaired) electrons. The standard InChI is InChI=1S/C15H29NO/c1-2-3-4-5-6-10-15(17)11-13-8-7-9-14(12-15)16-13/h13-14,16-17H,2-12H2,1H3. The van der Waals surface area contributed by atoms with E-state index >= 15 is 0 Å². The lowest BCUT2D eigenvalue weighted by molar-refractivity contribution is -0.0387. The molecule has 2 atom stereocenters. The molecule has 0 aromatic rings. The van der Waals surface area contributed by atoms with Crippen LogP contribution in [-0.4, -0.2) is 22.8 Å². The minimum atomic E-state index is -0.340. The summed E-state index contributed by atoms with van der Waals surface area (Å²) in [5, 5.41) is 14.4. The molecule has 0 spiro atoms. The van der Waals surface area contributed by atoms with Crippen molar-refractivity contribution in [2.24, 2.45) is 0 Å². The summed E-state index contributed by atoms with van der Waals surface area (Å²) in [5.41, 5.74) is -0.340. The van der Waals surface area contributed by atoms with Gasteiger partial charge in [-0.05, 0) is 32.1 Å². The van der Waals surface area contributed by atoms with Gasteiger partial charge in [-0.3, -0.25) is 0 Å². The highest BCUT2D eigenvalue weighted by atomic mass is 16.3. The third kappa shape index (κ3) is 3.96. The number of aliphatic hydroxyl groups is 1. The number of fused-ring (bicyclic) bond motifs is 2. The van der Waals surface area contributed by atoms with Crippen molar-refractivity contribution in [1.82, 2.24) is 5.32 Å². The van der Waals surface area contributed by atoms with Crippen molar-refractivity contribution in [2.75, 3.05) is 0 Å². The van der Waals surface area contributed by atoms with Gasteiger partial charge in [0, 0.05) is 12.1 Å². The first-order chi connectivity index (χ1) is 8.22. The topological polar surface area (TPSA) is 32.3 Å². The molecule has 0 amide bonds. The highest BCUT2D eigenvalue weighted by Gasteiger charge is 2.39. The molecule has 2 nitrogen and oxygen atoms in total. The van der Waals surface area contributed by atoms with Crippen LogP contribution >= 0.6 is 0 Å². The summed E-state index contributed by atoms with van der Waals surface area (Å²) in [6, 6.07) is 1.20. The lowest BCUT2D eigenvalue weighted by atomic mass is 9.75. The highest BCUT2D eigenvalue weighted by Crippen LogP contribution is 2.35. The van der Waals surface area contributed by atoms with Crippen LogP contribution in [0.1, 0.15) is 77.6 Å². The second kappa shape index (κ2) is 6.19. The summed E-state index contributed by atoms with van der Waals surface area (Å²) in [6.45, 7) is 2.25. The van der Waals surface area contributed by atoms with E-state index in [1.54, 1.807) is 0 Å². The normalized spacial score (nSPS) is 37.1. The van der Waals surface area contributed by atoms with Gasteiger partial charge in [0.2, 0.25) is 0 Å². The smallest absolute Gasteiger partial charge is 0.0677 e. The Balaban J connectivity index is 1.71. The average Bonchev–Trinajstić information content (AvgIpc) is 2.28. The SMILES string of the molecule is CCCCCCCC1(O)CC2CCCC(C1)N2. The molecular weight excluding hydrogens is 210 g/mol. The zero-order valence-corrected chi connectivity index (χ0v) is 11.4. The first-order valence-corrected chi connectivity index (χ1v) is 7.70. The molecule has 2 rings (SSSR count). The van der Waals surface area contributed by atoms with Gasteiger partial charge in [0.1, 0.15) is 0 Å². The van der Waals surface area contributed by atoms with Crippen molar-refractivity contribution in [3.8, 4) is 0 Å². The van der Waals surface area contributed by atoms with Gasteiger partial charge in [0.25, 0.3) is 0 Å². The lowest BCUT2D eigenvalue weighted by Crippen LogP contribution is -2.55. The molecule has 2 heterocycles. The van der Waals surface area contributed by atoms with E-state index < -0.39 is 0 Å². The third-order valence-corrected chi connectivity index (χ3v) is 4.57. The van der Waals surface area contributed by atoms with Gasteiger partial charge in [-0.2, -0.15) is 0 Å². The molecule has 2 aliphatic rings. The Morgan fingerprint density at radius 1 is 1.06 bits per heavy atom. The van der Waals surface area contributed by atoms with Crippen LogP contribution in [0.15, 0.2) is 0 Å². The van der Waals surface area contributed by atoms with Crippen molar-refractivity contribution in [1.29, 1.82) is 0 Å². The predicted molar refractivity (Wildman–Crippen MR) is 72.1 cm³/mol. The maximum atomic E-state index is 10.7. The van der Waals surface area contributed by atoms with Crippen molar-refractivity contribution in [3.63, 3.8) is 0 Å². The summed E-state index contributed by atoms with van der Waals surface area (Å²) < 4.78 is 0. The minimum absolute atomic E-state index is 0.340. The van der Waals surface area contributed by atoms with E-state index in [4.69, 9.17) is 0 Å². The van der Waals surface area contributed by atoms with Gasteiger partial charge in [0.15, 0.2) is 0 Å². The van der Waals surface area contributed by atoms with Gasteiger partial charge < -0.3 is 10.4 Å². The van der Waals surface area contributed by atoms with E-state index in [-0.39, 0.29) is 5.60 Å². The van der Waals surface area contributed by atoms with Crippen LogP contribution in [-0.2, 0) is 0 Å². The van der Waals surface area contributed by atoms with E-state index in [1.165, 1.54) is 51.4 Å². The predicted octanol–water partition coefficient (Wildman–Crippen LogP) is 3.38. The summed E-state index contributed by atoms with van der Waals surface area (Å²) in [7, 11) is 0. The van der Waals surface area contributed by atoms with Crippen molar-refractivity contribution in [2.45, 2.75) is 95.2 Å². The first kappa shape index (κ1) is 13.4. The Morgan fingerprint density at radius 2 is 1.71 bits per heavy atom. The largest absolute Gasteiger partial charge is 0.390 e. The van der Waals surface area contributed by atoms with Crippen molar-refractivity contribution in [3.05, 3.63) is 0 Å². The Morgan fingerprint density at radius 3 is 2.35 bits per heavy atom. The second-order valence-corrected chi connectivity index (χ2v) is 6.29. The third-order valence-electron chi connectivity index (χ3n) is 4.57. The van der Waals surface area contributed by atoms with Gasteiger partial charge in [0.05, 0.1) is 5.60 Å². The van der Waals surface area contributed by atoms with Gasteiger partial charge >= 0.3 is 0 Å². The Bertz CT molecular complexity index is 217. The fourth-order valence-electron chi connectivity index (χ4n) is 3.70. The summed E-state index contributed by atoms with van der Waals surface area (Å²) >= 11 is 0. The Labute approximate surface area is 106 Å². The van der Waals surface area contributed by atoms with Crippen LogP contribution in [0.25, 0.3) is 0 Å². The number of unbranched alkanes of at least 4 members (excludes halogenated alkanes) is 4. The molecule has 0 aliphatic carbocycles. The molecule has 2 N–H and O–H groups in total. The van der Waals surface area contributed by atoms with Crippen molar-refractivity contribution >= 4 is 0 Å². The second-order valence-electron chi connectivity index (χ2n) is 6.29. The van der Waals surface area contributed by atoms with E-state index in [0.29, 0.717) is 12.1 Å². The van der Waals surface area contributed by atoms with E-state index in [2.05, 4.69) is 12.2 Å². The van der Waals surface area contributed by atoms with Crippen molar-refractivity contribution < 1.29 is 5.11 Å². The molecular formula is C15H29NO. The van der Waals surface area contributed by atoms with Gasteiger partial charge in [-0.15, -0.1) is 0 Å². The van der Waals surface area contributed by atoms with Crippen LogP contribution in [0.3, 0.4) is 0 Å². The Hall–Kier alpha value is -0.0800. The monoisotopic (exact) mass is 239 g/mol. The maximum Gasteiger partial charge on any atom is 0.0677 e. The molecule has 2 unspecified atom stereocenters. The molecule has 2 aliphatic heterocycles. The zero-order chi connectivity index (χ0) is 12.1. The zero-order valence-electron chi connectivity index (χ0n) is 11.4. The van der Waals surface area contributed by atoms with Crippen LogP contribution in [0.5, 0.6) is 0 Å². The highest BCUT2D eigenvalue weighted by molar-refractivity contribution is 4.97. The number of hydrogen-bond acceptors (Lipinski definition) is 2. The first-order valence-electron chi connectivity index (χ1n) is 7.70. The van der Waals surface area contributed by atoms with Gasteiger partial charge in [-0.25, -0.2) is 0 Å². The number of piperidine rings is 2. The van der Waals surface area contributed by atoms with E-state index in [0.717, 1.165) is 19.3 Å². The van der Waals surface area contributed by atoms with E-state index in [1.807, 2.05) is 0 Å². The van der Waals surface area contributed by atoms with Crippen LogP contribution < -0.4 is 5.32 Å². The van der Waals surface area contributed by atoms with Crippen LogP contribution in [0.4, 0.5) is 0 Å².